The molecule has 1 nitrogen and oxygen atoms in total. The van der Waals surface area contributed by atoms with E-state index in [4.69, 9.17) is 16.3 Å². The average molecular weight is 419 g/mol. The first-order valence-electron chi connectivity index (χ1n) is 6.41. The lowest BCUT2D eigenvalue weighted by atomic mass is 10.0. The van der Waals surface area contributed by atoms with Crippen molar-refractivity contribution >= 4 is 43.5 Å². The van der Waals surface area contributed by atoms with Gasteiger partial charge in [-0.25, -0.2) is 0 Å². The van der Waals surface area contributed by atoms with Crippen molar-refractivity contribution in [2.75, 3.05) is 6.61 Å². The molecule has 2 rings (SSSR count). The number of ether oxygens (including phenoxy) is 1. The second-order valence-electron chi connectivity index (χ2n) is 4.41. The predicted molar refractivity (Wildman–Crippen MR) is 92.1 cm³/mol. The van der Waals surface area contributed by atoms with Gasteiger partial charge in [0.2, 0.25) is 0 Å². The van der Waals surface area contributed by atoms with Gasteiger partial charge in [-0.05, 0) is 48.7 Å². The third-order valence-electron chi connectivity index (χ3n) is 2.95. The summed E-state index contributed by atoms with van der Waals surface area (Å²) < 4.78 is 6.55. The van der Waals surface area contributed by atoms with Crippen LogP contribution in [0.4, 0.5) is 0 Å². The molecular weight excluding hydrogens is 403 g/mol. The Morgan fingerprint density at radius 3 is 2.45 bits per heavy atom. The van der Waals surface area contributed by atoms with Crippen LogP contribution in [-0.4, -0.2) is 6.61 Å². The molecule has 0 aliphatic carbocycles. The standard InChI is InChI=1S/C16H15Br2ClO/c1-2-20-13-7-8-14(16(18)10-13)15(17)9-11-3-5-12(19)6-4-11/h3-8,10,15H,2,9H2,1H3. The molecule has 1 atom stereocenters. The molecule has 0 radical (unpaired) electrons. The maximum absolute atomic E-state index is 5.90. The molecule has 0 aliphatic heterocycles. The Labute approximate surface area is 141 Å². The Kier molecular flexibility index (Phi) is 5.94. The molecule has 0 amide bonds. The fraction of sp³-hybridized carbons (Fsp3) is 0.250. The van der Waals surface area contributed by atoms with Crippen molar-refractivity contribution in [2.45, 2.75) is 18.2 Å². The number of benzene rings is 2. The lowest BCUT2D eigenvalue weighted by Gasteiger charge is -2.14. The smallest absolute Gasteiger partial charge is 0.120 e. The lowest BCUT2D eigenvalue weighted by Crippen LogP contribution is -1.98. The summed E-state index contributed by atoms with van der Waals surface area (Å²) in [6, 6.07) is 14.0. The Morgan fingerprint density at radius 1 is 1.15 bits per heavy atom. The predicted octanol–water partition coefficient (Wildman–Crippen LogP) is 6.18. The average Bonchev–Trinajstić information content (AvgIpc) is 2.42. The minimum Gasteiger partial charge on any atom is -0.494 e. The van der Waals surface area contributed by atoms with Gasteiger partial charge >= 0.3 is 0 Å². The normalized spacial score (nSPS) is 12.2. The molecule has 0 bridgehead atoms. The summed E-state index contributed by atoms with van der Waals surface area (Å²) >= 11 is 13.3. The van der Waals surface area contributed by atoms with Crippen molar-refractivity contribution in [1.29, 1.82) is 0 Å². The fourth-order valence-corrected chi connectivity index (χ4v) is 3.80. The largest absolute Gasteiger partial charge is 0.494 e. The first-order valence-corrected chi connectivity index (χ1v) is 8.49. The van der Waals surface area contributed by atoms with Crippen molar-refractivity contribution in [3.05, 3.63) is 63.1 Å². The van der Waals surface area contributed by atoms with E-state index in [1.54, 1.807) is 0 Å². The van der Waals surface area contributed by atoms with Gasteiger partial charge in [-0.2, -0.15) is 0 Å². The molecule has 0 saturated heterocycles. The van der Waals surface area contributed by atoms with Crippen LogP contribution in [-0.2, 0) is 6.42 Å². The highest BCUT2D eigenvalue weighted by atomic mass is 79.9. The minimum atomic E-state index is 0.244. The van der Waals surface area contributed by atoms with E-state index >= 15 is 0 Å². The van der Waals surface area contributed by atoms with Gasteiger partial charge in [0.25, 0.3) is 0 Å². The Hall–Kier alpha value is -0.510. The van der Waals surface area contributed by atoms with E-state index in [9.17, 15) is 0 Å². The molecule has 20 heavy (non-hydrogen) atoms. The van der Waals surface area contributed by atoms with E-state index in [0.717, 1.165) is 21.7 Å². The van der Waals surface area contributed by atoms with Crippen LogP contribution < -0.4 is 4.74 Å². The fourth-order valence-electron chi connectivity index (χ4n) is 1.96. The van der Waals surface area contributed by atoms with E-state index in [2.05, 4.69) is 50.1 Å². The van der Waals surface area contributed by atoms with Crippen LogP contribution in [0.2, 0.25) is 5.02 Å². The molecule has 0 spiro atoms. The van der Waals surface area contributed by atoms with Crippen LogP contribution in [0.5, 0.6) is 5.75 Å². The Morgan fingerprint density at radius 2 is 1.85 bits per heavy atom. The van der Waals surface area contributed by atoms with Crippen LogP contribution in [0.3, 0.4) is 0 Å². The molecule has 106 valence electrons. The van der Waals surface area contributed by atoms with Gasteiger partial charge < -0.3 is 4.74 Å². The van der Waals surface area contributed by atoms with Crippen LogP contribution in [0, 0.1) is 0 Å². The summed E-state index contributed by atoms with van der Waals surface area (Å²) in [5.74, 6) is 0.884. The van der Waals surface area contributed by atoms with Gasteiger partial charge in [-0.1, -0.05) is 61.7 Å². The van der Waals surface area contributed by atoms with E-state index < -0.39 is 0 Å². The summed E-state index contributed by atoms with van der Waals surface area (Å²) in [5, 5.41) is 0.766. The zero-order valence-electron chi connectivity index (χ0n) is 11.1. The van der Waals surface area contributed by atoms with Crippen molar-refractivity contribution in [1.82, 2.24) is 0 Å². The highest BCUT2D eigenvalue weighted by Crippen LogP contribution is 2.34. The van der Waals surface area contributed by atoms with Crippen LogP contribution in [0.25, 0.3) is 0 Å². The molecule has 0 heterocycles. The van der Waals surface area contributed by atoms with Crippen LogP contribution >= 0.6 is 43.5 Å². The summed E-state index contributed by atoms with van der Waals surface area (Å²) in [4.78, 5) is 0.244. The van der Waals surface area contributed by atoms with Gasteiger partial charge in [0, 0.05) is 14.3 Å². The van der Waals surface area contributed by atoms with Crippen molar-refractivity contribution in [2.24, 2.45) is 0 Å². The highest BCUT2D eigenvalue weighted by Gasteiger charge is 2.13. The van der Waals surface area contributed by atoms with Crippen LogP contribution in [0.15, 0.2) is 46.9 Å². The highest BCUT2D eigenvalue weighted by molar-refractivity contribution is 9.11. The summed E-state index contributed by atoms with van der Waals surface area (Å²) in [7, 11) is 0. The maximum Gasteiger partial charge on any atom is 0.120 e. The Balaban J connectivity index is 2.12. The zero-order valence-corrected chi connectivity index (χ0v) is 15.0. The number of rotatable bonds is 5. The van der Waals surface area contributed by atoms with Gasteiger partial charge in [0.15, 0.2) is 0 Å². The molecule has 0 aliphatic rings. The van der Waals surface area contributed by atoms with Gasteiger partial charge in [0.05, 0.1) is 6.61 Å². The van der Waals surface area contributed by atoms with Crippen molar-refractivity contribution < 1.29 is 4.74 Å². The maximum atomic E-state index is 5.90. The summed E-state index contributed by atoms with van der Waals surface area (Å²) in [5.41, 5.74) is 2.46. The summed E-state index contributed by atoms with van der Waals surface area (Å²) in [6.45, 7) is 2.66. The van der Waals surface area contributed by atoms with Crippen molar-refractivity contribution in [3.8, 4) is 5.75 Å². The van der Waals surface area contributed by atoms with Crippen LogP contribution in [0.1, 0.15) is 22.9 Å². The Bertz CT molecular complexity index is 569. The number of halogens is 3. The van der Waals surface area contributed by atoms with E-state index in [1.807, 2.05) is 31.2 Å². The number of hydrogen-bond donors (Lipinski definition) is 0. The van der Waals surface area contributed by atoms with E-state index in [-0.39, 0.29) is 4.83 Å². The first kappa shape index (κ1) is 15.9. The van der Waals surface area contributed by atoms with E-state index in [0.29, 0.717) is 6.61 Å². The minimum absolute atomic E-state index is 0.244. The monoisotopic (exact) mass is 416 g/mol. The molecule has 2 aromatic carbocycles. The number of hydrogen-bond acceptors (Lipinski definition) is 1. The first-order chi connectivity index (χ1) is 9.60. The van der Waals surface area contributed by atoms with Gasteiger partial charge in [0.1, 0.15) is 5.75 Å². The molecule has 2 aromatic rings. The van der Waals surface area contributed by atoms with Gasteiger partial charge in [-0.15, -0.1) is 0 Å². The zero-order chi connectivity index (χ0) is 14.5. The SMILES string of the molecule is CCOc1ccc(C(Br)Cc2ccc(Cl)cc2)c(Br)c1. The second-order valence-corrected chi connectivity index (χ2v) is 6.81. The number of alkyl halides is 1. The lowest BCUT2D eigenvalue weighted by molar-refractivity contribution is 0.340. The summed E-state index contributed by atoms with van der Waals surface area (Å²) in [6.07, 6.45) is 0.906. The quantitative estimate of drug-likeness (QED) is 0.527. The molecular formula is C16H15Br2ClO. The van der Waals surface area contributed by atoms with E-state index in [1.165, 1.54) is 11.1 Å². The van der Waals surface area contributed by atoms with Crippen molar-refractivity contribution in [3.63, 3.8) is 0 Å². The molecule has 0 saturated carbocycles. The van der Waals surface area contributed by atoms with Gasteiger partial charge in [-0.3, -0.25) is 0 Å². The third-order valence-corrected chi connectivity index (χ3v) is 4.70. The molecule has 4 heteroatoms. The second kappa shape index (κ2) is 7.48. The topological polar surface area (TPSA) is 9.23 Å². The molecule has 1 unspecified atom stereocenters. The molecule has 0 N–H and O–H groups in total. The third kappa shape index (κ3) is 4.24. The molecule has 0 fully saturated rings. The molecule has 0 aromatic heterocycles.